The number of hydrogen-bond acceptors (Lipinski definition) is 1. The Bertz CT molecular complexity index is 316. The first-order valence-corrected chi connectivity index (χ1v) is 7.68. The van der Waals surface area contributed by atoms with Gasteiger partial charge in [-0.3, -0.25) is 0 Å². The Hall–Kier alpha value is -0.820. The van der Waals surface area contributed by atoms with E-state index in [4.69, 9.17) is 0 Å². The summed E-state index contributed by atoms with van der Waals surface area (Å²) in [5.41, 5.74) is 1.46. The molecule has 1 aromatic carbocycles. The van der Waals surface area contributed by atoms with Crippen LogP contribution in [0.5, 0.6) is 0 Å². The highest BCUT2D eigenvalue weighted by Crippen LogP contribution is 2.29. The molecule has 1 fully saturated rings. The lowest BCUT2D eigenvalue weighted by Gasteiger charge is -2.27. The van der Waals surface area contributed by atoms with Crippen LogP contribution in [0.1, 0.15) is 63.5 Å². The summed E-state index contributed by atoms with van der Waals surface area (Å²) in [6.45, 7) is 3.46. The van der Waals surface area contributed by atoms with Crippen LogP contribution >= 0.6 is 0 Å². The van der Waals surface area contributed by atoms with Gasteiger partial charge in [0.1, 0.15) is 0 Å². The molecule has 1 unspecified atom stereocenters. The van der Waals surface area contributed by atoms with Gasteiger partial charge in [-0.25, -0.2) is 0 Å². The summed E-state index contributed by atoms with van der Waals surface area (Å²) in [5.74, 6) is 1.01. The molecule has 0 bridgehead atoms. The molecule has 0 spiro atoms. The van der Waals surface area contributed by atoms with Crippen LogP contribution < -0.4 is 5.32 Å². The molecule has 1 atom stereocenters. The average molecular weight is 245 g/mol. The third-order valence-electron chi connectivity index (χ3n) is 4.22. The van der Waals surface area contributed by atoms with Gasteiger partial charge in [0.2, 0.25) is 0 Å². The molecule has 0 aliphatic heterocycles. The molecular formula is C17H27N. The minimum absolute atomic E-state index is 0.561. The molecule has 0 radical (unpaired) electrons. The van der Waals surface area contributed by atoms with Crippen molar-refractivity contribution in [2.24, 2.45) is 5.92 Å². The van der Waals surface area contributed by atoms with Gasteiger partial charge in [0.15, 0.2) is 0 Å². The lowest BCUT2D eigenvalue weighted by molar-refractivity contribution is 0.286. The summed E-state index contributed by atoms with van der Waals surface area (Å²) in [5, 5.41) is 3.77. The second-order valence-corrected chi connectivity index (χ2v) is 5.65. The van der Waals surface area contributed by atoms with Gasteiger partial charge in [-0.2, -0.15) is 0 Å². The molecule has 18 heavy (non-hydrogen) atoms. The maximum Gasteiger partial charge on any atom is 0.0320 e. The lowest BCUT2D eigenvalue weighted by Crippen LogP contribution is -2.25. The molecule has 0 amide bonds. The highest BCUT2D eigenvalue weighted by atomic mass is 14.9. The fourth-order valence-electron chi connectivity index (χ4n) is 2.72. The molecule has 1 heteroatoms. The number of unbranched alkanes of at least 4 members (excludes halogenated alkanes) is 1. The largest absolute Gasteiger partial charge is 0.310 e. The van der Waals surface area contributed by atoms with Crippen LogP contribution in [0.4, 0.5) is 0 Å². The van der Waals surface area contributed by atoms with E-state index < -0.39 is 0 Å². The van der Waals surface area contributed by atoms with Crippen molar-refractivity contribution in [1.29, 1.82) is 0 Å². The van der Waals surface area contributed by atoms with Gasteiger partial charge >= 0.3 is 0 Å². The van der Waals surface area contributed by atoms with Gasteiger partial charge in [0, 0.05) is 6.04 Å². The number of nitrogens with one attached hydrogen (secondary N) is 1. The molecule has 0 saturated heterocycles. The quantitative estimate of drug-likeness (QED) is 0.700. The highest BCUT2D eigenvalue weighted by Gasteiger charge is 2.17. The standard InChI is InChI=1S/C17H27N/c1-2-3-12-17(16-10-5-4-6-11-16)18-14-13-15-8-7-9-15/h4-6,10-11,15,17-18H,2-3,7-9,12-14H2,1H3. The first kappa shape index (κ1) is 13.6. The Balaban J connectivity index is 1.80. The summed E-state index contributed by atoms with van der Waals surface area (Å²) in [6.07, 6.45) is 9.63. The van der Waals surface area contributed by atoms with Crippen molar-refractivity contribution < 1.29 is 0 Å². The van der Waals surface area contributed by atoms with E-state index in [1.54, 1.807) is 0 Å². The van der Waals surface area contributed by atoms with E-state index in [1.165, 1.54) is 57.1 Å². The monoisotopic (exact) mass is 245 g/mol. The first-order chi connectivity index (χ1) is 8.90. The summed E-state index contributed by atoms with van der Waals surface area (Å²) < 4.78 is 0. The molecule has 1 aliphatic rings. The zero-order valence-electron chi connectivity index (χ0n) is 11.7. The minimum atomic E-state index is 0.561. The summed E-state index contributed by atoms with van der Waals surface area (Å²) in [7, 11) is 0. The van der Waals surface area contributed by atoms with Crippen LogP contribution in [0.3, 0.4) is 0 Å². The van der Waals surface area contributed by atoms with E-state index in [2.05, 4.69) is 42.6 Å². The van der Waals surface area contributed by atoms with Crippen molar-refractivity contribution in [3.63, 3.8) is 0 Å². The van der Waals surface area contributed by atoms with E-state index in [1.807, 2.05) is 0 Å². The predicted molar refractivity (Wildman–Crippen MR) is 78.7 cm³/mol. The van der Waals surface area contributed by atoms with Crippen LogP contribution in [-0.4, -0.2) is 6.54 Å². The van der Waals surface area contributed by atoms with E-state index in [-0.39, 0.29) is 0 Å². The second kappa shape index (κ2) is 7.58. The molecular weight excluding hydrogens is 218 g/mol. The second-order valence-electron chi connectivity index (χ2n) is 5.65. The van der Waals surface area contributed by atoms with Gasteiger partial charge < -0.3 is 5.32 Å². The topological polar surface area (TPSA) is 12.0 Å². The van der Waals surface area contributed by atoms with Crippen LogP contribution in [0, 0.1) is 5.92 Å². The fraction of sp³-hybridized carbons (Fsp3) is 0.647. The van der Waals surface area contributed by atoms with Gasteiger partial charge in [0.25, 0.3) is 0 Å². The predicted octanol–water partition coefficient (Wildman–Crippen LogP) is 4.70. The maximum atomic E-state index is 3.77. The van der Waals surface area contributed by atoms with Crippen LogP contribution in [0.2, 0.25) is 0 Å². The van der Waals surface area contributed by atoms with Crippen molar-refractivity contribution in [3.05, 3.63) is 35.9 Å². The SMILES string of the molecule is CCCCC(NCCC1CCC1)c1ccccc1. The van der Waals surface area contributed by atoms with Crippen LogP contribution in [0.15, 0.2) is 30.3 Å². The van der Waals surface area contributed by atoms with Crippen LogP contribution in [0.25, 0.3) is 0 Å². The zero-order valence-corrected chi connectivity index (χ0v) is 11.7. The van der Waals surface area contributed by atoms with Gasteiger partial charge in [-0.05, 0) is 30.9 Å². The normalized spacial score (nSPS) is 17.4. The summed E-state index contributed by atoms with van der Waals surface area (Å²) in [4.78, 5) is 0. The van der Waals surface area contributed by atoms with E-state index in [9.17, 15) is 0 Å². The van der Waals surface area contributed by atoms with Gasteiger partial charge in [0.05, 0.1) is 0 Å². The molecule has 0 heterocycles. The molecule has 1 aliphatic carbocycles. The third-order valence-corrected chi connectivity index (χ3v) is 4.22. The van der Waals surface area contributed by atoms with Crippen molar-refractivity contribution >= 4 is 0 Å². The Morgan fingerprint density at radius 2 is 2.00 bits per heavy atom. The highest BCUT2D eigenvalue weighted by molar-refractivity contribution is 5.18. The molecule has 1 nitrogen and oxygen atoms in total. The van der Waals surface area contributed by atoms with Gasteiger partial charge in [-0.1, -0.05) is 69.4 Å². The molecule has 0 aromatic heterocycles. The van der Waals surface area contributed by atoms with E-state index >= 15 is 0 Å². The van der Waals surface area contributed by atoms with Crippen LogP contribution in [-0.2, 0) is 0 Å². The number of rotatable bonds is 8. The Kier molecular flexibility index (Phi) is 5.73. The zero-order chi connectivity index (χ0) is 12.6. The third kappa shape index (κ3) is 4.13. The maximum absolute atomic E-state index is 3.77. The molecule has 1 saturated carbocycles. The van der Waals surface area contributed by atoms with Crippen molar-refractivity contribution in [2.75, 3.05) is 6.54 Å². The smallest absolute Gasteiger partial charge is 0.0320 e. The first-order valence-electron chi connectivity index (χ1n) is 7.68. The summed E-state index contributed by atoms with van der Waals surface area (Å²) in [6, 6.07) is 11.5. The number of hydrogen-bond donors (Lipinski definition) is 1. The lowest BCUT2D eigenvalue weighted by atomic mass is 9.83. The Morgan fingerprint density at radius 1 is 1.22 bits per heavy atom. The van der Waals surface area contributed by atoms with Crippen molar-refractivity contribution in [2.45, 2.75) is 57.9 Å². The minimum Gasteiger partial charge on any atom is -0.310 e. The van der Waals surface area contributed by atoms with Crippen molar-refractivity contribution in [1.82, 2.24) is 5.32 Å². The van der Waals surface area contributed by atoms with Gasteiger partial charge in [-0.15, -0.1) is 0 Å². The molecule has 1 aromatic rings. The Labute approximate surface area is 112 Å². The summed E-state index contributed by atoms with van der Waals surface area (Å²) >= 11 is 0. The number of benzene rings is 1. The van der Waals surface area contributed by atoms with Crippen molar-refractivity contribution in [3.8, 4) is 0 Å². The Morgan fingerprint density at radius 3 is 2.61 bits per heavy atom. The van der Waals surface area contributed by atoms with E-state index in [0.717, 1.165) is 5.92 Å². The molecule has 100 valence electrons. The van der Waals surface area contributed by atoms with E-state index in [0.29, 0.717) is 6.04 Å². The fourth-order valence-corrected chi connectivity index (χ4v) is 2.72. The molecule has 2 rings (SSSR count). The average Bonchev–Trinajstić information content (AvgIpc) is 2.37. The molecule has 1 N–H and O–H groups in total.